The summed E-state index contributed by atoms with van der Waals surface area (Å²) in [5.74, 6) is 0.609. The quantitative estimate of drug-likeness (QED) is 0.237. The third-order valence-electron chi connectivity index (χ3n) is 6.14. The molecule has 200 valence electrons. The van der Waals surface area contributed by atoms with Gasteiger partial charge >= 0.3 is 0 Å². The highest BCUT2D eigenvalue weighted by Crippen LogP contribution is 2.32. The van der Waals surface area contributed by atoms with Crippen LogP contribution in [-0.2, 0) is 19.5 Å². The van der Waals surface area contributed by atoms with Gasteiger partial charge in [-0.25, -0.2) is 4.98 Å². The zero-order valence-corrected chi connectivity index (χ0v) is 22.4. The normalized spacial score (nSPS) is 11.1. The van der Waals surface area contributed by atoms with E-state index in [1.165, 1.54) is 40.9 Å². The lowest BCUT2D eigenvalue weighted by atomic mass is 10.1. The van der Waals surface area contributed by atoms with Crippen LogP contribution in [0.25, 0.3) is 22.6 Å². The predicted molar refractivity (Wildman–Crippen MR) is 150 cm³/mol. The predicted octanol–water partition coefficient (Wildman–Crippen LogP) is 5.61. The lowest BCUT2D eigenvalue weighted by Crippen LogP contribution is -2.23. The standard InChI is InChI=1S/C28H21ClN6O4S/c29-23-6-4-19(40-23)16-32-24-15-22(33-35(24)28(37)18-9-13-38-17-18)20-5-7-26(36)34(12-8-25-31-11-14-39-25)27(20)21-3-1-2-10-30-21/h1-7,9-11,13-15,17,32H,8,12,16H2. The zero-order chi connectivity index (χ0) is 27.5. The van der Waals surface area contributed by atoms with E-state index in [1.54, 1.807) is 41.2 Å². The molecule has 6 aromatic heterocycles. The second-order valence-corrected chi connectivity index (χ2v) is 10.5. The first-order valence-corrected chi connectivity index (χ1v) is 13.5. The van der Waals surface area contributed by atoms with Crippen molar-refractivity contribution in [2.45, 2.75) is 19.5 Å². The molecule has 0 atom stereocenters. The Kier molecular flexibility index (Phi) is 7.13. The highest BCUT2D eigenvalue weighted by molar-refractivity contribution is 7.16. The summed E-state index contributed by atoms with van der Waals surface area (Å²) in [7, 11) is 0. The summed E-state index contributed by atoms with van der Waals surface area (Å²) >= 11 is 7.55. The van der Waals surface area contributed by atoms with Gasteiger partial charge in [-0.3, -0.25) is 14.6 Å². The molecule has 0 amide bonds. The Balaban J connectivity index is 1.46. The van der Waals surface area contributed by atoms with Crippen molar-refractivity contribution in [1.29, 1.82) is 0 Å². The van der Waals surface area contributed by atoms with Gasteiger partial charge in [0.15, 0.2) is 5.89 Å². The van der Waals surface area contributed by atoms with Gasteiger partial charge in [0, 0.05) is 41.7 Å². The van der Waals surface area contributed by atoms with Crippen molar-refractivity contribution in [3.05, 3.63) is 117 Å². The topological polar surface area (TPSA) is 121 Å². The summed E-state index contributed by atoms with van der Waals surface area (Å²) in [4.78, 5) is 36.2. The monoisotopic (exact) mass is 572 g/mol. The average molecular weight is 573 g/mol. The van der Waals surface area contributed by atoms with E-state index < -0.39 is 0 Å². The van der Waals surface area contributed by atoms with Gasteiger partial charge in [-0.2, -0.15) is 9.78 Å². The third-order valence-corrected chi connectivity index (χ3v) is 7.37. The van der Waals surface area contributed by atoms with Crippen molar-refractivity contribution in [1.82, 2.24) is 24.3 Å². The number of halogens is 1. The molecular formula is C28H21ClN6O4S. The number of oxazole rings is 1. The molecule has 0 radical (unpaired) electrons. The van der Waals surface area contributed by atoms with Gasteiger partial charge in [-0.15, -0.1) is 11.3 Å². The fraction of sp³-hybridized carbons (Fsp3) is 0.107. The van der Waals surface area contributed by atoms with Crippen LogP contribution < -0.4 is 10.9 Å². The third kappa shape index (κ3) is 5.24. The van der Waals surface area contributed by atoms with Crippen molar-refractivity contribution in [3.8, 4) is 22.6 Å². The van der Waals surface area contributed by atoms with Gasteiger partial charge in [0.25, 0.3) is 11.5 Å². The number of anilines is 1. The zero-order valence-electron chi connectivity index (χ0n) is 20.9. The maximum atomic E-state index is 13.4. The molecule has 0 aliphatic carbocycles. The first-order valence-electron chi connectivity index (χ1n) is 12.3. The Morgan fingerprint density at radius 2 is 1.95 bits per heavy atom. The summed E-state index contributed by atoms with van der Waals surface area (Å²) in [5.41, 5.74) is 2.40. The van der Waals surface area contributed by atoms with Crippen LogP contribution in [0, 0.1) is 0 Å². The highest BCUT2D eigenvalue weighted by atomic mass is 35.5. The van der Waals surface area contributed by atoms with Crippen molar-refractivity contribution in [2.75, 3.05) is 5.32 Å². The number of pyridine rings is 2. The van der Waals surface area contributed by atoms with Gasteiger partial charge < -0.3 is 18.7 Å². The van der Waals surface area contributed by atoms with Crippen molar-refractivity contribution < 1.29 is 13.6 Å². The molecule has 0 aliphatic rings. The van der Waals surface area contributed by atoms with E-state index in [9.17, 15) is 9.59 Å². The fourth-order valence-electron chi connectivity index (χ4n) is 4.30. The molecule has 12 heteroatoms. The van der Waals surface area contributed by atoms with Gasteiger partial charge in [0.1, 0.15) is 18.3 Å². The minimum absolute atomic E-state index is 0.210. The number of carbonyl (C=O) groups excluding carboxylic acids is 1. The van der Waals surface area contributed by atoms with Crippen LogP contribution in [0.15, 0.2) is 99.4 Å². The van der Waals surface area contributed by atoms with Crippen LogP contribution in [-0.4, -0.2) is 30.2 Å². The lowest BCUT2D eigenvalue weighted by Gasteiger charge is -2.15. The summed E-state index contributed by atoms with van der Waals surface area (Å²) in [6.45, 7) is 0.738. The largest absolute Gasteiger partial charge is 0.472 e. The number of thiophene rings is 1. The number of nitrogens with zero attached hydrogens (tertiary/aromatic N) is 5. The molecule has 1 N–H and O–H groups in total. The maximum absolute atomic E-state index is 13.4. The van der Waals surface area contributed by atoms with Gasteiger partial charge in [0.05, 0.1) is 46.0 Å². The Morgan fingerprint density at radius 1 is 1.02 bits per heavy atom. The number of nitrogens with one attached hydrogen (secondary N) is 1. The highest BCUT2D eigenvalue weighted by Gasteiger charge is 2.22. The van der Waals surface area contributed by atoms with E-state index in [0.717, 1.165) is 4.88 Å². The molecular weight excluding hydrogens is 552 g/mol. The van der Waals surface area contributed by atoms with Gasteiger partial charge in [-0.1, -0.05) is 17.7 Å². The number of furan rings is 1. The van der Waals surface area contributed by atoms with Crippen LogP contribution in [0.3, 0.4) is 0 Å². The minimum Gasteiger partial charge on any atom is -0.472 e. The summed E-state index contributed by atoms with van der Waals surface area (Å²) < 4.78 is 14.1. The summed E-state index contributed by atoms with van der Waals surface area (Å²) in [6, 6.07) is 15.8. The Labute approximate surface area is 236 Å². The smallest absolute Gasteiger partial charge is 0.283 e. The van der Waals surface area contributed by atoms with E-state index in [0.29, 0.717) is 63.8 Å². The Hall–Kier alpha value is -4.74. The summed E-state index contributed by atoms with van der Waals surface area (Å²) in [5, 5.41) is 7.99. The molecule has 0 fully saturated rings. The molecule has 0 aliphatic heterocycles. The number of aromatic nitrogens is 5. The number of hydrogen-bond donors (Lipinski definition) is 1. The van der Waals surface area contributed by atoms with E-state index in [1.807, 2.05) is 24.3 Å². The Bertz CT molecular complexity index is 1810. The molecule has 40 heavy (non-hydrogen) atoms. The molecule has 0 saturated heterocycles. The molecule has 6 heterocycles. The molecule has 10 nitrogen and oxygen atoms in total. The fourth-order valence-corrected chi connectivity index (χ4v) is 5.32. The SMILES string of the molecule is O=C(c1ccoc1)n1nc(-c2ccc(=O)n(CCc3ncco3)c2-c2ccccn2)cc1NCc1ccc(Cl)s1. The van der Waals surface area contributed by atoms with Crippen LogP contribution >= 0.6 is 22.9 Å². The first kappa shape index (κ1) is 25.5. The Morgan fingerprint density at radius 3 is 2.67 bits per heavy atom. The van der Waals surface area contributed by atoms with E-state index in [4.69, 9.17) is 20.4 Å². The van der Waals surface area contributed by atoms with Gasteiger partial charge in [0.2, 0.25) is 0 Å². The molecule has 6 rings (SSSR count). The number of hydrogen-bond acceptors (Lipinski definition) is 9. The maximum Gasteiger partial charge on any atom is 0.283 e. The molecule has 0 unspecified atom stereocenters. The van der Waals surface area contributed by atoms with Crippen LogP contribution in [0.2, 0.25) is 4.34 Å². The number of rotatable bonds is 9. The van der Waals surface area contributed by atoms with Crippen LogP contribution in [0.5, 0.6) is 0 Å². The molecule has 0 bridgehead atoms. The average Bonchev–Trinajstić information content (AvgIpc) is 3.79. The van der Waals surface area contributed by atoms with Gasteiger partial charge in [-0.05, 0) is 36.4 Å². The molecule has 0 saturated carbocycles. The van der Waals surface area contributed by atoms with E-state index >= 15 is 0 Å². The lowest BCUT2D eigenvalue weighted by molar-refractivity contribution is 0.0947. The van der Waals surface area contributed by atoms with Crippen molar-refractivity contribution >= 4 is 34.7 Å². The second-order valence-electron chi connectivity index (χ2n) is 8.68. The van der Waals surface area contributed by atoms with Crippen molar-refractivity contribution in [3.63, 3.8) is 0 Å². The first-order chi connectivity index (χ1) is 19.6. The van der Waals surface area contributed by atoms with Crippen molar-refractivity contribution in [2.24, 2.45) is 0 Å². The number of carbonyl (C=O) groups is 1. The van der Waals surface area contributed by atoms with Crippen LogP contribution in [0.1, 0.15) is 21.1 Å². The summed E-state index contributed by atoms with van der Waals surface area (Å²) in [6.07, 6.45) is 7.93. The number of aryl methyl sites for hydroxylation is 1. The van der Waals surface area contributed by atoms with Crippen LogP contribution in [0.4, 0.5) is 5.82 Å². The van der Waals surface area contributed by atoms with E-state index in [-0.39, 0.29) is 11.5 Å². The minimum atomic E-state index is -0.372. The van der Waals surface area contributed by atoms with E-state index in [2.05, 4.69) is 20.4 Å². The molecule has 0 aromatic carbocycles. The molecule has 6 aromatic rings. The molecule has 0 spiro atoms. The second kappa shape index (κ2) is 11.2.